The summed E-state index contributed by atoms with van der Waals surface area (Å²) in [4.78, 5) is 10.7. The summed E-state index contributed by atoms with van der Waals surface area (Å²) in [7, 11) is -3.74. The van der Waals surface area contributed by atoms with Gasteiger partial charge in [-0.3, -0.25) is 9.89 Å². The van der Waals surface area contributed by atoms with E-state index in [1.165, 1.54) is 0 Å². The minimum Gasteiger partial charge on any atom is -0.481 e. The molecule has 0 saturated carbocycles. The summed E-state index contributed by atoms with van der Waals surface area (Å²) >= 11 is 0. The number of carboxylic acid groups (broad SMARTS) is 1. The quantitative estimate of drug-likeness (QED) is 0.702. The summed E-state index contributed by atoms with van der Waals surface area (Å²) in [6.07, 6.45) is 0.160. The van der Waals surface area contributed by atoms with Crippen LogP contribution in [-0.2, 0) is 14.8 Å². The van der Waals surface area contributed by atoms with Crippen molar-refractivity contribution in [3.63, 3.8) is 0 Å². The molecule has 7 nitrogen and oxygen atoms in total. The van der Waals surface area contributed by atoms with E-state index in [-0.39, 0.29) is 11.3 Å². The van der Waals surface area contributed by atoms with Gasteiger partial charge < -0.3 is 5.11 Å². The molecule has 0 amide bonds. The highest BCUT2D eigenvalue weighted by molar-refractivity contribution is 7.89. The molecule has 1 aromatic heterocycles. The van der Waals surface area contributed by atoms with Crippen molar-refractivity contribution < 1.29 is 18.3 Å². The Labute approximate surface area is 106 Å². The molecule has 18 heavy (non-hydrogen) atoms. The molecule has 0 spiro atoms. The zero-order valence-electron chi connectivity index (χ0n) is 10.5. The van der Waals surface area contributed by atoms with Crippen molar-refractivity contribution in [3.05, 3.63) is 11.4 Å². The molecule has 0 bridgehead atoms. The molecule has 1 rings (SSSR count). The van der Waals surface area contributed by atoms with Gasteiger partial charge in [0, 0.05) is 6.04 Å². The van der Waals surface area contributed by atoms with Gasteiger partial charge in [0.05, 0.1) is 17.8 Å². The Morgan fingerprint density at radius 3 is 2.50 bits per heavy atom. The van der Waals surface area contributed by atoms with E-state index in [1.54, 1.807) is 20.8 Å². The number of aromatic amines is 1. The zero-order chi connectivity index (χ0) is 13.9. The van der Waals surface area contributed by atoms with Gasteiger partial charge in [-0.05, 0) is 20.3 Å². The SMILES string of the molecule is CCC(CC(=O)O)NS(=O)(=O)c1c(C)n[nH]c1C. The number of nitrogens with zero attached hydrogens (tertiary/aromatic N) is 1. The maximum absolute atomic E-state index is 12.1. The van der Waals surface area contributed by atoms with Crippen LogP contribution >= 0.6 is 0 Å². The summed E-state index contributed by atoms with van der Waals surface area (Å²) in [5, 5.41) is 15.1. The first-order valence-corrected chi connectivity index (χ1v) is 7.02. The van der Waals surface area contributed by atoms with Crippen LogP contribution in [0.2, 0.25) is 0 Å². The largest absolute Gasteiger partial charge is 0.481 e. The second-order valence-electron chi connectivity index (χ2n) is 4.09. The third kappa shape index (κ3) is 3.30. The molecule has 3 N–H and O–H groups in total. The van der Waals surface area contributed by atoms with Gasteiger partial charge in [-0.15, -0.1) is 0 Å². The van der Waals surface area contributed by atoms with Crippen molar-refractivity contribution in [2.45, 2.75) is 44.6 Å². The fourth-order valence-corrected chi connectivity index (χ4v) is 3.39. The molecule has 0 aliphatic heterocycles. The van der Waals surface area contributed by atoms with E-state index in [1.807, 2.05) is 0 Å². The summed E-state index contributed by atoms with van der Waals surface area (Å²) in [5.41, 5.74) is 0.801. The van der Waals surface area contributed by atoms with Crippen LogP contribution in [-0.4, -0.2) is 35.7 Å². The predicted octanol–water partition coefficient (Wildman–Crippen LogP) is 0.558. The molecule has 0 radical (unpaired) electrons. The summed E-state index contributed by atoms with van der Waals surface area (Å²) in [5.74, 6) is -1.04. The number of aryl methyl sites for hydroxylation is 2. The van der Waals surface area contributed by atoms with Crippen LogP contribution in [0.3, 0.4) is 0 Å². The number of carbonyl (C=O) groups is 1. The number of H-pyrrole nitrogens is 1. The number of hydrogen-bond acceptors (Lipinski definition) is 4. The minimum atomic E-state index is -3.74. The Balaban J connectivity index is 2.98. The van der Waals surface area contributed by atoms with Crippen LogP contribution in [0.25, 0.3) is 0 Å². The first-order chi connectivity index (χ1) is 8.27. The fraction of sp³-hybridized carbons (Fsp3) is 0.600. The molecule has 1 aromatic rings. The summed E-state index contributed by atoms with van der Waals surface area (Å²) < 4.78 is 26.6. The Kier molecular flexibility index (Phi) is 4.47. The maximum Gasteiger partial charge on any atom is 0.304 e. The van der Waals surface area contributed by atoms with E-state index in [9.17, 15) is 13.2 Å². The third-order valence-corrected chi connectivity index (χ3v) is 4.35. The molecule has 1 atom stereocenters. The van der Waals surface area contributed by atoms with E-state index in [0.29, 0.717) is 17.8 Å². The monoisotopic (exact) mass is 275 g/mol. The Hall–Kier alpha value is -1.41. The summed E-state index contributed by atoms with van der Waals surface area (Å²) in [6.45, 7) is 4.91. The van der Waals surface area contributed by atoms with Crippen molar-refractivity contribution in [3.8, 4) is 0 Å². The number of aliphatic carboxylic acids is 1. The van der Waals surface area contributed by atoms with Crippen LogP contribution in [0, 0.1) is 13.8 Å². The molecule has 102 valence electrons. The minimum absolute atomic E-state index is 0.0892. The zero-order valence-corrected chi connectivity index (χ0v) is 11.3. The lowest BCUT2D eigenvalue weighted by Crippen LogP contribution is -2.36. The van der Waals surface area contributed by atoms with E-state index in [4.69, 9.17) is 5.11 Å². The molecular weight excluding hydrogens is 258 g/mol. The van der Waals surface area contributed by atoms with Gasteiger partial charge in [0.1, 0.15) is 4.90 Å². The maximum atomic E-state index is 12.1. The van der Waals surface area contributed by atoms with Gasteiger partial charge in [0.15, 0.2) is 0 Å². The second-order valence-corrected chi connectivity index (χ2v) is 5.74. The first-order valence-electron chi connectivity index (χ1n) is 5.53. The molecule has 0 aliphatic carbocycles. The molecule has 0 aliphatic rings. The lowest BCUT2D eigenvalue weighted by Gasteiger charge is -2.15. The average Bonchev–Trinajstić information content (AvgIpc) is 2.56. The highest BCUT2D eigenvalue weighted by Gasteiger charge is 2.25. The van der Waals surface area contributed by atoms with Gasteiger partial charge in [-0.1, -0.05) is 6.92 Å². The van der Waals surface area contributed by atoms with Crippen LogP contribution in [0.5, 0.6) is 0 Å². The number of hydrogen-bond donors (Lipinski definition) is 3. The lowest BCUT2D eigenvalue weighted by molar-refractivity contribution is -0.137. The van der Waals surface area contributed by atoms with Crippen molar-refractivity contribution in [2.75, 3.05) is 0 Å². The Morgan fingerprint density at radius 1 is 1.50 bits per heavy atom. The highest BCUT2D eigenvalue weighted by atomic mass is 32.2. The lowest BCUT2D eigenvalue weighted by atomic mass is 10.2. The second kappa shape index (κ2) is 5.49. The van der Waals surface area contributed by atoms with E-state index < -0.39 is 22.0 Å². The number of sulfonamides is 1. The Bertz CT molecular complexity index is 516. The van der Waals surface area contributed by atoms with E-state index in [2.05, 4.69) is 14.9 Å². The molecule has 0 saturated heterocycles. The predicted molar refractivity (Wildman–Crippen MR) is 64.7 cm³/mol. The van der Waals surface area contributed by atoms with Gasteiger partial charge in [-0.2, -0.15) is 5.10 Å². The standard InChI is InChI=1S/C10H17N3O4S/c1-4-8(5-9(14)15)13-18(16,17)10-6(2)11-12-7(10)3/h8,13H,4-5H2,1-3H3,(H,11,12)(H,14,15). The van der Waals surface area contributed by atoms with Crippen molar-refractivity contribution >= 4 is 16.0 Å². The van der Waals surface area contributed by atoms with Crippen molar-refractivity contribution in [1.82, 2.24) is 14.9 Å². The fourth-order valence-electron chi connectivity index (χ4n) is 1.70. The highest BCUT2D eigenvalue weighted by Crippen LogP contribution is 2.17. The number of aromatic nitrogens is 2. The smallest absolute Gasteiger partial charge is 0.304 e. The average molecular weight is 275 g/mol. The van der Waals surface area contributed by atoms with Crippen LogP contribution < -0.4 is 4.72 Å². The molecule has 1 unspecified atom stereocenters. The van der Waals surface area contributed by atoms with Crippen LogP contribution in [0.1, 0.15) is 31.2 Å². The van der Waals surface area contributed by atoms with Crippen molar-refractivity contribution in [1.29, 1.82) is 0 Å². The van der Waals surface area contributed by atoms with E-state index in [0.717, 1.165) is 0 Å². The van der Waals surface area contributed by atoms with Gasteiger partial charge in [0.25, 0.3) is 0 Å². The van der Waals surface area contributed by atoms with Gasteiger partial charge in [0.2, 0.25) is 10.0 Å². The van der Waals surface area contributed by atoms with Crippen LogP contribution in [0.4, 0.5) is 0 Å². The Morgan fingerprint density at radius 2 is 2.11 bits per heavy atom. The third-order valence-electron chi connectivity index (χ3n) is 2.56. The summed E-state index contributed by atoms with van der Waals surface area (Å²) in [6, 6.07) is -0.624. The van der Waals surface area contributed by atoms with Gasteiger partial charge in [-0.25, -0.2) is 13.1 Å². The molecule has 8 heteroatoms. The molecule has 0 aromatic carbocycles. The molecular formula is C10H17N3O4S. The van der Waals surface area contributed by atoms with E-state index >= 15 is 0 Å². The first kappa shape index (κ1) is 14.7. The van der Waals surface area contributed by atoms with Crippen LogP contribution in [0.15, 0.2) is 4.90 Å². The number of nitrogens with one attached hydrogen (secondary N) is 2. The molecule has 0 fully saturated rings. The number of rotatable bonds is 6. The number of carboxylic acids is 1. The van der Waals surface area contributed by atoms with Crippen molar-refractivity contribution in [2.24, 2.45) is 0 Å². The normalized spacial score (nSPS) is 13.5. The molecule has 1 heterocycles. The topological polar surface area (TPSA) is 112 Å². The van der Waals surface area contributed by atoms with Gasteiger partial charge >= 0.3 is 5.97 Å².